The van der Waals surface area contributed by atoms with Gasteiger partial charge in [-0.15, -0.1) is 11.8 Å². The molecule has 1 rings (SSSR count). The van der Waals surface area contributed by atoms with Crippen LogP contribution in [0.5, 0.6) is 5.75 Å². The van der Waals surface area contributed by atoms with Gasteiger partial charge in [0, 0.05) is 10.1 Å². The highest BCUT2D eigenvalue weighted by atomic mass is 32.2. The Kier molecular flexibility index (Phi) is 7.41. The third-order valence-electron chi connectivity index (χ3n) is 2.65. The fourth-order valence-electron chi connectivity index (χ4n) is 1.80. The van der Waals surface area contributed by atoms with Gasteiger partial charge in [0.05, 0.1) is 20.1 Å². The maximum atomic E-state index is 11.6. The summed E-state index contributed by atoms with van der Waals surface area (Å²) in [6.45, 7) is 4.41. The summed E-state index contributed by atoms with van der Waals surface area (Å²) < 4.78 is 10.2. The standard InChI is InChI=1S/C15H22O3S/c1-4-7-13(11-15(16)18-5-2)19-14-9-6-8-12(10-14)17-3/h6,8-10,13H,4-5,7,11H2,1-3H3. The maximum absolute atomic E-state index is 11.6. The average molecular weight is 282 g/mol. The summed E-state index contributed by atoms with van der Waals surface area (Å²) in [5.74, 6) is 0.729. The largest absolute Gasteiger partial charge is 0.497 e. The Labute approximate surface area is 119 Å². The summed E-state index contributed by atoms with van der Waals surface area (Å²) in [5.41, 5.74) is 0. The van der Waals surface area contributed by atoms with Crippen molar-refractivity contribution in [2.24, 2.45) is 0 Å². The molecule has 0 fully saturated rings. The molecule has 0 aromatic heterocycles. The molecule has 0 aliphatic carbocycles. The van der Waals surface area contributed by atoms with E-state index in [9.17, 15) is 4.79 Å². The Balaban J connectivity index is 2.63. The molecule has 1 unspecified atom stereocenters. The molecule has 0 heterocycles. The summed E-state index contributed by atoms with van der Waals surface area (Å²) in [5, 5.41) is 0.260. The summed E-state index contributed by atoms with van der Waals surface area (Å²) in [7, 11) is 1.66. The Bertz CT molecular complexity index is 393. The fraction of sp³-hybridized carbons (Fsp3) is 0.533. The normalized spacial score (nSPS) is 11.9. The van der Waals surface area contributed by atoms with Gasteiger partial charge in [0.2, 0.25) is 0 Å². The number of ether oxygens (including phenoxy) is 2. The number of hydrogen-bond acceptors (Lipinski definition) is 4. The highest BCUT2D eigenvalue weighted by molar-refractivity contribution is 8.00. The van der Waals surface area contributed by atoms with Crippen molar-refractivity contribution < 1.29 is 14.3 Å². The highest BCUT2D eigenvalue weighted by Crippen LogP contribution is 2.30. The van der Waals surface area contributed by atoms with E-state index in [0.717, 1.165) is 23.5 Å². The number of esters is 1. The molecule has 0 bridgehead atoms. The number of hydrogen-bond donors (Lipinski definition) is 0. The van der Waals surface area contributed by atoms with E-state index in [-0.39, 0.29) is 11.2 Å². The second kappa shape index (κ2) is 8.86. The molecule has 4 heteroatoms. The van der Waals surface area contributed by atoms with Crippen LogP contribution in [0.25, 0.3) is 0 Å². The monoisotopic (exact) mass is 282 g/mol. The third-order valence-corrected chi connectivity index (χ3v) is 3.92. The lowest BCUT2D eigenvalue weighted by Crippen LogP contribution is -2.13. The quantitative estimate of drug-likeness (QED) is 0.535. The first-order valence-electron chi connectivity index (χ1n) is 6.65. The summed E-state index contributed by atoms with van der Waals surface area (Å²) >= 11 is 1.72. The van der Waals surface area contributed by atoms with Crippen LogP contribution in [0.1, 0.15) is 33.1 Å². The Morgan fingerprint density at radius 3 is 2.79 bits per heavy atom. The van der Waals surface area contributed by atoms with E-state index in [1.54, 1.807) is 18.9 Å². The minimum Gasteiger partial charge on any atom is -0.497 e. The first-order chi connectivity index (χ1) is 9.19. The molecule has 1 aromatic carbocycles. The van der Waals surface area contributed by atoms with Crippen molar-refractivity contribution in [3.05, 3.63) is 24.3 Å². The maximum Gasteiger partial charge on any atom is 0.306 e. The van der Waals surface area contributed by atoms with Crippen LogP contribution in [0.4, 0.5) is 0 Å². The van der Waals surface area contributed by atoms with Gasteiger partial charge in [-0.25, -0.2) is 0 Å². The second-order valence-corrected chi connectivity index (χ2v) is 5.59. The molecule has 0 saturated heterocycles. The molecule has 106 valence electrons. The molecule has 0 aliphatic heterocycles. The van der Waals surface area contributed by atoms with Crippen LogP contribution < -0.4 is 4.74 Å². The molecule has 0 amide bonds. The van der Waals surface area contributed by atoms with E-state index >= 15 is 0 Å². The van der Waals surface area contributed by atoms with Crippen LogP contribution in [-0.4, -0.2) is 24.9 Å². The van der Waals surface area contributed by atoms with Gasteiger partial charge in [0.15, 0.2) is 0 Å². The van der Waals surface area contributed by atoms with Crippen LogP contribution in [-0.2, 0) is 9.53 Å². The molecule has 3 nitrogen and oxygen atoms in total. The molecule has 0 aliphatic rings. The number of carbonyl (C=O) groups excluding carboxylic acids is 1. The van der Waals surface area contributed by atoms with Gasteiger partial charge in [-0.05, 0) is 31.5 Å². The SMILES string of the molecule is CCCC(CC(=O)OCC)Sc1cccc(OC)c1. The highest BCUT2D eigenvalue weighted by Gasteiger charge is 2.15. The van der Waals surface area contributed by atoms with Crippen LogP contribution in [0.15, 0.2) is 29.2 Å². The van der Waals surface area contributed by atoms with Gasteiger partial charge in [0.25, 0.3) is 0 Å². The molecule has 0 radical (unpaired) electrons. The lowest BCUT2D eigenvalue weighted by molar-refractivity contribution is -0.143. The first-order valence-corrected chi connectivity index (χ1v) is 7.53. The van der Waals surface area contributed by atoms with E-state index in [0.29, 0.717) is 13.0 Å². The summed E-state index contributed by atoms with van der Waals surface area (Å²) in [4.78, 5) is 12.7. The van der Waals surface area contributed by atoms with Crippen molar-refractivity contribution in [3.63, 3.8) is 0 Å². The number of rotatable bonds is 8. The van der Waals surface area contributed by atoms with E-state index in [2.05, 4.69) is 6.92 Å². The Morgan fingerprint density at radius 2 is 2.16 bits per heavy atom. The van der Waals surface area contributed by atoms with E-state index < -0.39 is 0 Å². The summed E-state index contributed by atoms with van der Waals surface area (Å²) in [6, 6.07) is 7.93. The van der Waals surface area contributed by atoms with Crippen molar-refractivity contribution >= 4 is 17.7 Å². The van der Waals surface area contributed by atoms with E-state index in [4.69, 9.17) is 9.47 Å². The number of thioether (sulfide) groups is 1. The zero-order valence-electron chi connectivity index (χ0n) is 11.8. The minimum atomic E-state index is -0.114. The van der Waals surface area contributed by atoms with Gasteiger partial charge in [0.1, 0.15) is 5.75 Å². The van der Waals surface area contributed by atoms with Crippen molar-refractivity contribution in [2.75, 3.05) is 13.7 Å². The molecular weight excluding hydrogens is 260 g/mol. The second-order valence-electron chi connectivity index (χ2n) is 4.22. The molecule has 0 saturated carbocycles. The van der Waals surface area contributed by atoms with E-state index in [1.165, 1.54) is 0 Å². The lowest BCUT2D eigenvalue weighted by atomic mass is 10.2. The summed E-state index contributed by atoms with van der Waals surface area (Å²) in [6.07, 6.45) is 2.52. The lowest BCUT2D eigenvalue weighted by Gasteiger charge is -2.15. The minimum absolute atomic E-state index is 0.114. The van der Waals surface area contributed by atoms with Gasteiger partial charge in [-0.2, -0.15) is 0 Å². The molecule has 0 spiro atoms. The fourth-order valence-corrected chi connectivity index (χ4v) is 3.10. The predicted octanol–water partition coefficient (Wildman–Crippen LogP) is 3.91. The number of benzene rings is 1. The third kappa shape index (κ3) is 6.01. The van der Waals surface area contributed by atoms with Gasteiger partial charge < -0.3 is 9.47 Å². The van der Waals surface area contributed by atoms with Gasteiger partial charge >= 0.3 is 5.97 Å². The van der Waals surface area contributed by atoms with Crippen molar-refractivity contribution in [1.29, 1.82) is 0 Å². The van der Waals surface area contributed by atoms with Crippen LogP contribution in [0.3, 0.4) is 0 Å². The van der Waals surface area contributed by atoms with Gasteiger partial charge in [-0.3, -0.25) is 4.79 Å². The smallest absolute Gasteiger partial charge is 0.306 e. The molecule has 1 aromatic rings. The molecular formula is C15H22O3S. The predicted molar refractivity (Wildman–Crippen MR) is 78.8 cm³/mol. The van der Waals surface area contributed by atoms with Crippen molar-refractivity contribution in [2.45, 2.75) is 43.3 Å². The van der Waals surface area contributed by atoms with Gasteiger partial charge in [-0.1, -0.05) is 19.4 Å². The van der Waals surface area contributed by atoms with Crippen LogP contribution in [0, 0.1) is 0 Å². The zero-order valence-corrected chi connectivity index (χ0v) is 12.7. The topological polar surface area (TPSA) is 35.5 Å². The number of methoxy groups -OCH3 is 1. The zero-order chi connectivity index (χ0) is 14.1. The van der Waals surface area contributed by atoms with Crippen LogP contribution >= 0.6 is 11.8 Å². The Hall–Kier alpha value is -1.16. The average Bonchev–Trinajstić information content (AvgIpc) is 2.39. The number of carbonyl (C=O) groups is 1. The Morgan fingerprint density at radius 1 is 1.37 bits per heavy atom. The van der Waals surface area contributed by atoms with Crippen LogP contribution in [0.2, 0.25) is 0 Å². The van der Waals surface area contributed by atoms with Crippen molar-refractivity contribution in [3.8, 4) is 5.75 Å². The van der Waals surface area contributed by atoms with Crippen molar-refractivity contribution in [1.82, 2.24) is 0 Å². The molecule has 19 heavy (non-hydrogen) atoms. The van der Waals surface area contributed by atoms with E-state index in [1.807, 2.05) is 31.2 Å². The molecule has 1 atom stereocenters. The molecule has 0 N–H and O–H groups in total. The first kappa shape index (κ1) is 15.9.